The van der Waals surface area contributed by atoms with E-state index in [-0.39, 0.29) is 25.4 Å². The van der Waals surface area contributed by atoms with Crippen molar-refractivity contribution in [1.82, 2.24) is 15.1 Å². The first kappa shape index (κ1) is 20.2. The van der Waals surface area contributed by atoms with Gasteiger partial charge in [0.2, 0.25) is 11.8 Å². The molecule has 1 N–H and O–H groups in total. The van der Waals surface area contributed by atoms with Crippen LogP contribution in [0.1, 0.15) is 29.6 Å². The zero-order valence-corrected chi connectivity index (χ0v) is 15.2. The average Bonchev–Trinajstić information content (AvgIpc) is 3.00. The third-order valence-corrected chi connectivity index (χ3v) is 5.08. The van der Waals surface area contributed by atoms with Gasteiger partial charge in [-0.1, -0.05) is 18.2 Å². The minimum Gasteiger partial charge on any atom is -0.344 e. The molecule has 1 aromatic rings. The molecule has 0 radical (unpaired) electrons. The van der Waals surface area contributed by atoms with Crippen LogP contribution < -0.4 is 5.32 Å². The highest BCUT2D eigenvalue weighted by Crippen LogP contribution is 2.23. The topological polar surface area (TPSA) is 69.7 Å². The lowest BCUT2D eigenvalue weighted by Gasteiger charge is -2.32. The molecule has 2 aliphatic rings. The Bertz CT molecular complexity index is 739. The van der Waals surface area contributed by atoms with Crippen molar-refractivity contribution in [3.05, 3.63) is 35.9 Å². The van der Waals surface area contributed by atoms with E-state index in [0.717, 1.165) is 4.90 Å². The molecule has 2 heterocycles. The van der Waals surface area contributed by atoms with Crippen molar-refractivity contribution in [1.29, 1.82) is 0 Å². The average molecular weight is 397 g/mol. The molecular weight excluding hydrogens is 375 g/mol. The maximum atomic E-state index is 12.6. The van der Waals surface area contributed by atoms with Crippen LogP contribution in [0.5, 0.6) is 0 Å². The number of piperidine rings is 1. The first-order valence-electron chi connectivity index (χ1n) is 9.25. The molecule has 0 aromatic heterocycles. The summed E-state index contributed by atoms with van der Waals surface area (Å²) in [6, 6.07) is 7.82. The summed E-state index contributed by atoms with van der Waals surface area (Å²) >= 11 is 0. The molecule has 28 heavy (non-hydrogen) atoms. The molecule has 2 unspecified atom stereocenters. The Labute approximate surface area is 160 Å². The highest BCUT2D eigenvalue weighted by Gasteiger charge is 2.40. The third-order valence-electron chi connectivity index (χ3n) is 5.08. The van der Waals surface area contributed by atoms with Crippen molar-refractivity contribution in [2.45, 2.75) is 31.5 Å². The maximum absolute atomic E-state index is 12.6. The summed E-state index contributed by atoms with van der Waals surface area (Å²) in [7, 11) is 0. The van der Waals surface area contributed by atoms with Crippen molar-refractivity contribution >= 4 is 17.7 Å². The second kappa shape index (κ2) is 8.20. The molecule has 0 bridgehead atoms. The Balaban J connectivity index is 1.56. The standard InChI is InChI=1S/C19H22F3N3O3/c20-19(21,22)12-25-10-8-15(18(25)28)23-16(26)14-7-4-9-24(11-14)17(27)13-5-2-1-3-6-13/h1-3,5-6,14-15H,4,7-12H2,(H,23,26). The number of hydrogen-bond donors (Lipinski definition) is 1. The van der Waals surface area contributed by atoms with Crippen molar-refractivity contribution in [2.75, 3.05) is 26.2 Å². The molecule has 6 nitrogen and oxygen atoms in total. The number of halogens is 3. The number of nitrogens with zero attached hydrogens (tertiary/aromatic N) is 2. The van der Waals surface area contributed by atoms with Gasteiger partial charge in [0, 0.05) is 25.2 Å². The van der Waals surface area contributed by atoms with E-state index in [1.807, 2.05) is 6.07 Å². The number of alkyl halides is 3. The van der Waals surface area contributed by atoms with Gasteiger partial charge in [0.1, 0.15) is 12.6 Å². The van der Waals surface area contributed by atoms with Crippen LogP contribution in [-0.4, -0.2) is 65.9 Å². The number of amides is 3. The number of nitrogens with one attached hydrogen (secondary N) is 1. The van der Waals surface area contributed by atoms with E-state index < -0.39 is 36.5 Å². The molecule has 0 aliphatic carbocycles. The summed E-state index contributed by atoms with van der Waals surface area (Å²) in [5.74, 6) is -1.74. The van der Waals surface area contributed by atoms with Crippen LogP contribution in [0.15, 0.2) is 30.3 Å². The normalized spacial score (nSPS) is 23.0. The zero-order chi connectivity index (χ0) is 20.3. The van der Waals surface area contributed by atoms with Gasteiger partial charge in [-0.25, -0.2) is 0 Å². The molecule has 2 saturated heterocycles. The molecule has 3 amide bonds. The van der Waals surface area contributed by atoms with Crippen LogP contribution in [0.4, 0.5) is 13.2 Å². The van der Waals surface area contributed by atoms with Gasteiger partial charge in [-0.15, -0.1) is 0 Å². The quantitative estimate of drug-likeness (QED) is 0.843. The number of hydrogen-bond acceptors (Lipinski definition) is 3. The van der Waals surface area contributed by atoms with Gasteiger partial charge in [0.15, 0.2) is 0 Å². The number of carbonyl (C=O) groups is 3. The number of carbonyl (C=O) groups excluding carboxylic acids is 3. The zero-order valence-electron chi connectivity index (χ0n) is 15.2. The fourth-order valence-electron chi connectivity index (χ4n) is 3.67. The molecule has 152 valence electrons. The lowest BCUT2D eigenvalue weighted by atomic mass is 9.96. The van der Waals surface area contributed by atoms with Gasteiger partial charge >= 0.3 is 6.18 Å². The van der Waals surface area contributed by atoms with Crippen LogP contribution in [0, 0.1) is 5.92 Å². The largest absolute Gasteiger partial charge is 0.406 e. The Morgan fingerprint density at radius 3 is 2.50 bits per heavy atom. The predicted octanol–water partition coefficient (Wildman–Crippen LogP) is 1.82. The van der Waals surface area contributed by atoms with E-state index >= 15 is 0 Å². The molecule has 2 fully saturated rings. The first-order valence-corrected chi connectivity index (χ1v) is 9.25. The summed E-state index contributed by atoms with van der Waals surface area (Å²) in [5, 5.41) is 2.58. The molecule has 1 aromatic carbocycles. The summed E-state index contributed by atoms with van der Waals surface area (Å²) in [4.78, 5) is 39.6. The van der Waals surface area contributed by atoms with Crippen molar-refractivity contribution in [3.63, 3.8) is 0 Å². The molecule has 2 aliphatic heterocycles. The lowest BCUT2D eigenvalue weighted by molar-refractivity contribution is -0.158. The molecular formula is C19H22F3N3O3. The van der Waals surface area contributed by atoms with Gasteiger partial charge in [-0.05, 0) is 31.4 Å². The van der Waals surface area contributed by atoms with E-state index in [1.165, 1.54) is 0 Å². The number of rotatable bonds is 4. The van der Waals surface area contributed by atoms with E-state index in [2.05, 4.69) is 5.32 Å². The van der Waals surface area contributed by atoms with Gasteiger partial charge in [-0.3, -0.25) is 14.4 Å². The maximum Gasteiger partial charge on any atom is 0.406 e. The summed E-state index contributed by atoms with van der Waals surface area (Å²) in [6.45, 7) is -0.570. The van der Waals surface area contributed by atoms with Crippen LogP contribution >= 0.6 is 0 Å². The smallest absolute Gasteiger partial charge is 0.344 e. The van der Waals surface area contributed by atoms with Gasteiger partial charge < -0.3 is 15.1 Å². The Hall–Kier alpha value is -2.58. The lowest BCUT2D eigenvalue weighted by Crippen LogP contribution is -2.49. The summed E-state index contributed by atoms with van der Waals surface area (Å²) in [6.07, 6.45) is -3.09. The summed E-state index contributed by atoms with van der Waals surface area (Å²) < 4.78 is 37.5. The molecule has 0 spiro atoms. The van der Waals surface area contributed by atoms with E-state index in [9.17, 15) is 27.6 Å². The summed E-state index contributed by atoms with van der Waals surface area (Å²) in [5.41, 5.74) is 0.539. The fourth-order valence-corrected chi connectivity index (χ4v) is 3.67. The van der Waals surface area contributed by atoms with Crippen molar-refractivity contribution in [2.24, 2.45) is 5.92 Å². The van der Waals surface area contributed by atoms with Gasteiger partial charge in [0.25, 0.3) is 5.91 Å². The predicted molar refractivity (Wildman–Crippen MR) is 94.3 cm³/mol. The van der Waals surface area contributed by atoms with Crippen LogP contribution in [0.2, 0.25) is 0 Å². The van der Waals surface area contributed by atoms with Crippen LogP contribution in [0.25, 0.3) is 0 Å². The highest BCUT2D eigenvalue weighted by molar-refractivity contribution is 5.95. The highest BCUT2D eigenvalue weighted by atomic mass is 19.4. The SMILES string of the molecule is O=C(NC1CCN(CC(F)(F)F)C1=O)C1CCCN(C(=O)c2ccccc2)C1. The first-order chi connectivity index (χ1) is 13.2. The molecule has 3 rings (SSSR count). The minimum absolute atomic E-state index is 0.0351. The Morgan fingerprint density at radius 1 is 1.11 bits per heavy atom. The monoisotopic (exact) mass is 397 g/mol. The van der Waals surface area contributed by atoms with E-state index in [4.69, 9.17) is 0 Å². The number of likely N-dealkylation sites (tertiary alicyclic amines) is 2. The fraction of sp³-hybridized carbons (Fsp3) is 0.526. The van der Waals surface area contributed by atoms with Crippen molar-refractivity contribution < 1.29 is 27.6 Å². The van der Waals surface area contributed by atoms with Gasteiger partial charge in [0.05, 0.1) is 5.92 Å². The van der Waals surface area contributed by atoms with Gasteiger partial charge in [-0.2, -0.15) is 13.2 Å². The van der Waals surface area contributed by atoms with Crippen molar-refractivity contribution in [3.8, 4) is 0 Å². The minimum atomic E-state index is -4.46. The second-order valence-corrected chi connectivity index (χ2v) is 7.18. The Morgan fingerprint density at radius 2 is 1.82 bits per heavy atom. The molecule has 2 atom stereocenters. The van der Waals surface area contributed by atoms with Crippen LogP contribution in [0.3, 0.4) is 0 Å². The Kier molecular flexibility index (Phi) is 5.90. The van der Waals surface area contributed by atoms with E-state index in [0.29, 0.717) is 24.9 Å². The second-order valence-electron chi connectivity index (χ2n) is 7.18. The van der Waals surface area contributed by atoms with E-state index in [1.54, 1.807) is 29.2 Å². The molecule has 9 heteroatoms. The van der Waals surface area contributed by atoms with Crippen LogP contribution in [-0.2, 0) is 9.59 Å². The number of benzene rings is 1. The molecule has 0 saturated carbocycles. The third kappa shape index (κ3) is 4.82.